The Kier molecular flexibility index (Phi) is 7.66. The molecule has 0 spiro atoms. The Labute approximate surface area is 166 Å². The third kappa shape index (κ3) is 6.58. The molecule has 0 saturated carbocycles. The van der Waals surface area contributed by atoms with Crippen molar-refractivity contribution in [3.8, 4) is 0 Å². The van der Waals surface area contributed by atoms with E-state index < -0.39 is 23.6 Å². The number of hydrogen-bond acceptors (Lipinski definition) is 7. The van der Waals surface area contributed by atoms with Gasteiger partial charge in [0.25, 0.3) is 0 Å². The van der Waals surface area contributed by atoms with Crippen molar-refractivity contribution in [3.63, 3.8) is 0 Å². The lowest BCUT2D eigenvalue weighted by molar-refractivity contribution is -0.143. The molecule has 0 aliphatic carbocycles. The molecule has 0 atom stereocenters. The molecule has 0 bridgehead atoms. The van der Waals surface area contributed by atoms with Gasteiger partial charge in [0.1, 0.15) is 5.60 Å². The monoisotopic (exact) mass is 396 g/mol. The van der Waals surface area contributed by atoms with E-state index in [2.05, 4.69) is 5.43 Å². The number of nitrogens with one attached hydrogen (secondary N) is 1. The van der Waals surface area contributed by atoms with Crippen LogP contribution >= 0.6 is 0 Å². The summed E-state index contributed by atoms with van der Waals surface area (Å²) < 4.78 is 15.9. The molecule has 0 fully saturated rings. The van der Waals surface area contributed by atoms with E-state index in [0.717, 1.165) is 0 Å². The predicted molar refractivity (Wildman–Crippen MR) is 104 cm³/mol. The Morgan fingerprint density at radius 3 is 1.61 bits per heavy atom. The summed E-state index contributed by atoms with van der Waals surface area (Å²) in [5.74, 6) is -1.10. The maximum Gasteiger partial charge on any atom is 0.426 e. The summed E-state index contributed by atoms with van der Waals surface area (Å²) in [6.45, 7) is 15.5. The number of rotatable bonds is 5. The first-order chi connectivity index (χ1) is 12.7. The number of carbonyl (C=O) groups is 3. The number of esters is 2. The fourth-order valence-corrected chi connectivity index (χ4v) is 2.52. The quantitative estimate of drug-likeness (QED) is 0.560. The first-order valence-electron chi connectivity index (χ1n) is 9.34. The smallest absolute Gasteiger partial charge is 0.426 e. The lowest BCUT2D eigenvalue weighted by atomic mass is 9.97. The van der Waals surface area contributed by atoms with Gasteiger partial charge in [0.15, 0.2) is 0 Å². The summed E-state index contributed by atoms with van der Waals surface area (Å²) in [5.41, 5.74) is 3.34. The average Bonchev–Trinajstić information content (AvgIpc) is 2.48. The minimum absolute atomic E-state index is 0.0568. The van der Waals surface area contributed by atoms with Crippen LogP contribution in [0.2, 0.25) is 0 Å². The summed E-state index contributed by atoms with van der Waals surface area (Å²) in [4.78, 5) is 37.4. The van der Waals surface area contributed by atoms with Gasteiger partial charge < -0.3 is 14.2 Å². The molecule has 1 heterocycles. The highest BCUT2D eigenvalue weighted by Crippen LogP contribution is 2.31. The first-order valence-corrected chi connectivity index (χ1v) is 9.34. The molecule has 28 heavy (non-hydrogen) atoms. The van der Waals surface area contributed by atoms with Gasteiger partial charge in [-0.3, -0.25) is 5.01 Å². The molecule has 8 nitrogen and oxygen atoms in total. The topological polar surface area (TPSA) is 94.2 Å². The van der Waals surface area contributed by atoms with Gasteiger partial charge >= 0.3 is 18.0 Å². The molecule has 1 aliphatic heterocycles. The number of allylic oxidation sites excluding steroid dienone is 2. The number of hydrogen-bond donors (Lipinski definition) is 1. The Hall–Kier alpha value is -2.51. The Morgan fingerprint density at radius 2 is 1.29 bits per heavy atom. The lowest BCUT2D eigenvalue weighted by Gasteiger charge is -2.34. The fourth-order valence-electron chi connectivity index (χ4n) is 2.52. The zero-order valence-corrected chi connectivity index (χ0v) is 18.3. The molecular formula is C20H32N2O6. The van der Waals surface area contributed by atoms with E-state index in [1.807, 2.05) is 0 Å². The van der Waals surface area contributed by atoms with Gasteiger partial charge in [-0.25, -0.2) is 19.8 Å². The first kappa shape index (κ1) is 23.5. The molecule has 1 amide bonds. The van der Waals surface area contributed by atoms with Crippen LogP contribution < -0.4 is 5.43 Å². The summed E-state index contributed by atoms with van der Waals surface area (Å²) in [5, 5.41) is 1.37. The molecule has 158 valence electrons. The van der Waals surface area contributed by atoms with Crippen molar-refractivity contribution in [3.05, 3.63) is 22.5 Å². The van der Waals surface area contributed by atoms with E-state index in [9.17, 15) is 14.4 Å². The van der Waals surface area contributed by atoms with Gasteiger partial charge in [0.2, 0.25) is 0 Å². The largest absolute Gasteiger partial charge is 0.460 e. The maximum atomic E-state index is 12.6. The van der Waals surface area contributed by atoms with E-state index in [1.54, 1.807) is 62.3 Å². The van der Waals surface area contributed by atoms with Crippen LogP contribution in [0.3, 0.4) is 0 Å². The molecule has 1 rings (SSSR count). The molecule has 8 heteroatoms. The van der Waals surface area contributed by atoms with Gasteiger partial charge in [-0.1, -0.05) is 0 Å². The minimum atomic E-state index is -0.707. The molecule has 0 unspecified atom stereocenters. The maximum absolute atomic E-state index is 12.6. The normalized spacial score (nSPS) is 15.2. The third-order valence-electron chi connectivity index (χ3n) is 3.68. The molecule has 0 aromatic heterocycles. The van der Waals surface area contributed by atoms with E-state index in [4.69, 9.17) is 14.2 Å². The van der Waals surface area contributed by atoms with Gasteiger partial charge in [-0.15, -0.1) is 0 Å². The Balaban J connectivity index is 3.28. The van der Waals surface area contributed by atoms with E-state index >= 15 is 0 Å². The summed E-state index contributed by atoms with van der Waals surface area (Å²) in [6.07, 6.45) is -1.29. The Bertz CT molecular complexity index is 654. The van der Waals surface area contributed by atoms with Gasteiger partial charge in [0, 0.05) is 17.8 Å². The second kappa shape index (κ2) is 9.12. The second-order valence-corrected chi connectivity index (χ2v) is 8.16. The summed E-state index contributed by atoms with van der Waals surface area (Å²) >= 11 is 0. The van der Waals surface area contributed by atoms with Crippen LogP contribution in [0.1, 0.15) is 68.7 Å². The van der Waals surface area contributed by atoms with E-state index in [1.165, 1.54) is 5.01 Å². The molecule has 0 aromatic carbocycles. The SMILES string of the molecule is CC1=C(C(=O)OC(C)C)CC(C(=O)OC(C)C)=C(C)N1NC(=O)OC(C)(C)C. The standard InChI is InChI=1S/C20H32N2O6/c1-11(2)26-17(23)15-10-16(18(24)27-12(3)4)14(6)22(13(15)5)21-19(25)28-20(7,8)9/h11-12H,10H2,1-9H3,(H,21,25). The molecular weight excluding hydrogens is 364 g/mol. The fraction of sp³-hybridized carbons (Fsp3) is 0.650. The van der Waals surface area contributed by atoms with Crippen molar-refractivity contribution in [2.75, 3.05) is 0 Å². The molecule has 0 saturated heterocycles. The van der Waals surface area contributed by atoms with Crippen LogP contribution in [0, 0.1) is 0 Å². The summed E-state index contributed by atoms with van der Waals surface area (Å²) in [7, 11) is 0. The Morgan fingerprint density at radius 1 is 0.893 bits per heavy atom. The van der Waals surface area contributed by atoms with Crippen LogP contribution in [0.5, 0.6) is 0 Å². The van der Waals surface area contributed by atoms with Crippen molar-refractivity contribution in [1.29, 1.82) is 0 Å². The summed E-state index contributed by atoms with van der Waals surface area (Å²) in [6, 6.07) is 0. The average molecular weight is 396 g/mol. The molecule has 0 aromatic rings. The van der Waals surface area contributed by atoms with Gasteiger partial charge in [0.05, 0.1) is 23.4 Å². The highest BCUT2D eigenvalue weighted by atomic mass is 16.6. The van der Waals surface area contributed by atoms with Crippen LogP contribution in [-0.2, 0) is 23.8 Å². The van der Waals surface area contributed by atoms with Crippen molar-refractivity contribution >= 4 is 18.0 Å². The zero-order valence-electron chi connectivity index (χ0n) is 18.3. The highest BCUT2D eigenvalue weighted by Gasteiger charge is 2.33. The number of hydrazine groups is 1. The molecule has 1 N–H and O–H groups in total. The number of carbonyl (C=O) groups excluding carboxylic acids is 3. The van der Waals surface area contributed by atoms with E-state index in [-0.39, 0.29) is 29.8 Å². The number of amides is 1. The predicted octanol–water partition coefficient (Wildman–Crippen LogP) is 3.58. The van der Waals surface area contributed by atoms with Gasteiger partial charge in [-0.05, 0) is 62.3 Å². The van der Waals surface area contributed by atoms with Crippen molar-refractivity contribution in [2.45, 2.75) is 86.5 Å². The van der Waals surface area contributed by atoms with Gasteiger partial charge in [-0.2, -0.15) is 0 Å². The van der Waals surface area contributed by atoms with Crippen molar-refractivity contribution < 1.29 is 28.6 Å². The highest BCUT2D eigenvalue weighted by molar-refractivity contribution is 5.96. The molecule has 1 aliphatic rings. The molecule has 0 radical (unpaired) electrons. The van der Waals surface area contributed by atoms with E-state index in [0.29, 0.717) is 11.4 Å². The van der Waals surface area contributed by atoms with Crippen LogP contribution in [-0.4, -0.2) is 40.8 Å². The van der Waals surface area contributed by atoms with Crippen LogP contribution in [0.15, 0.2) is 22.5 Å². The minimum Gasteiger partial charge on any atom is -0.460 e. The lowest BCUT2D eigenvalue weighted by Crippen LogP contribution is -2.45. The number of nitrogens with zero attached hydrogens (tertiary/aromatic N) is 1. The van der Waals surface area contributed by atoms with Crippen molar-refractivity contribution in [2.24, 2.45) is 0 Å². The number of ether oxygens (including phenoxy) is 3. The van der Waals surface area contributed by atoms with Crippen LogP contribution in [0.4, 0.5) is 4.79 Å². The third-order valence-corrected chi connectivity index (χ3v) is 3.68. The second-order valence-electron chi connectivity index (χ2n) is 8.16. The zero-order chi connectivity index (χ0) is 21.8. The van der Waals surface area contributed by atoms with Crippen LogP contribution in [0.25, 0.3) is 0 Å². The van der Waals surface area contributed by atoms with Crippen molar-refractivity contribution in [1.82, 2.24) is 10.4 Å².